The number of Topliss-reactive ketones (excluding diaryl/α,β-unsaturated/α-hetero) is 1. The zero-order valence-electron chi connectivity index (χ0n) is 11.6. The van der Waals surface area contributed by atoms with Gasteiger partial charge in [-0.1, -0.05) is 26.0 Å². The Kier molecular flexibility index (Phi) is 2.73. The van der Waals surface area contributed by atoms with Crippen molar-refractivity contribution in [1.29, 1.82) is 0 Å². The van der Waals surface area contributed by atoms with Gasteiger partial charge in [-0.15, -0.1) is 0 Å². The molecule has 0 spiro atoms. The number of allylic oxidation sites excluding steroid dienone is 1. The van der Waals surface area contributed by atoms with E-state index in [1.54, 1.807) is 6.92 Å². The highest BCUT2D eigenvalue weighted by molar-refractivity contribution is 5.92. The first-order valence-electron chi connectivity index (χ1n) is 6.57. The molecule has 3 rings (SSSR count). The van der Waals surface area contributed by atoms with E-state index in [2.05, 4.69) is 6.58 Å². The number of ketones is 1. The second kappa shape index (κ2) is 3.69. The summed E-state index contributed by atoms with van der Waals surface area (Å²) in [6.45, 7) is 11.6. The number of carbonyl (C=O) groups excluding carboxylic acids is 1. The molecule has 3 fully saturated rings. The second-order valence-corrected chi connectivity index (χ2v) is 6.71. The van der Waals surface area contributed by atoms with E-state index in [0.29, 0.717) is 6.42 Å². The van der Waals surface area contributed by atoms with Crippen LogP contribution in [0.1, 0.15) is 40.5 Å². The molecule has 0 saturated heterocycles. The minimum absolute atomic E-state index is 0.0639. The molecule has 3 aliphatic carbocycles. The lowest BCUT2D eigenvalue weighted by Crippen LogP contribution is -2.61. The summed E-state index contributed by atoms with van der Waals surface area (Å²) in [6, 6.07) is 0. The molecule has 0 aromatic heterocycles. The third-order valence-corrected chi connectivity index (χ3v) is 5.47. The van der Waals surface area contributed by atoms with Crippen LogP contribution in [0.25, 0.3) is 0 Å². The van der Waals surface area contributed by atoms with Gasteiger partial charge in [0.15, 0.2) is 0 Å². The molecule has 0 radical (unpaired) electrons. The fraction of sp³-hybridized carbons (Fsp3) is 0.733. The Bertz CT molecular complexity index is 439. The first-order valence-corrected chi connectivity index (χ1v) is 6.57. The highest BCUT2D eigenvalue weighted by atomic mass is 16.4. The van der Waals surface area contributed by atoms with Crippen LogP contribution in [-0.4, -0.2) is 16.9 Å². The van der Waals surface area contributed by atoms with Crippen molar-refractivity contribution in [3.63, 3.8) is 0 Å². The molecule has 0 aromatic carbocycles. The number of rotatable bonds is 2. The van der Waals surface area contributed by atoms with Crippen molar-refractivity contribution in [3.05, 3.63) is 12.2 Å². The molecule has 3 saturated carbocycles. The molecule has 3 aliphatic rings. The number of carboxylic acids is 1. The molecule has 0 aromatic rings. The number of hydrogen-bond donors (Lipinski definition) is 1. The van der Waals surface area contributed by atoms with Gasteiger partial charge in [0.2, 0.25) is 0 Å². The predicted octanol–water partition coefficient (Wildman–Crippen LogP) is 2.90. The molecular weight excluding hydrogens is 228 g/mol. The lowest BCUT2D eigenvalue weighted by Gasteiger charge is -2.59. The maximum absolute atomic E-state index is 12.5. The zero-order chi connectivity index (χ0) is 13.9. The van der Waals surface area contributed by atoms with Crippen LogP contribution in [0.2, 0.25) is 0 Å². The third kappa shape index (κ3) is 1.42. The monoisotopic (exact) mass is 250 g/mol. The fourth-order valence-corrected chi connectivity index (χ4v) is 4.49. The van der Waals surface area contributed by atoms with Crippen LogP contribution in [0.4, 0.5) is 0 Å². The topological polar surface area (TPSA) is 54.4 Å². The van der Waals surface area contributed by atoms with E-state index in [-0.39, 0.29) is 23.5 Å². The van der Waals surface area contributed by atoms with E-state index in [0.717, 1.165) is 12.0 Å². The van der Waals surface area contributed by atoms with Gasteiger partial charge >= 0.3 is 5.97 Å². The fourth-order valence-electron chi connectivity index (χ4n) is 4.49. The van der Waals surface area contributed by atoms with Crippen LogP contribution >= 0.6 is 0 Å². The smallest absolute Gasteiger partial charge is 0.309 e. The van der Waals surface area contributed by atoms with Gasteiger partial charge in [-0.05, 0) is 38.5 Å². The normalized spacial score (nSPS) is 47.1. The molecule has 0 amide bonds. The molecular formula is C15H22O3. The standard InChI is InChI=1S/C15H22O3/c1-8(2)10-6-11-9(3)12(16)14(10,4)7-15(11,5)13(17)18/h9-11H,1,6-7H2,2-5H3,(H,17,18)/t9-,10-,11+,14-,15+/m0/s1. The molecule has 2 bridgehead atoms. The number of carboxylic acid groups (broad SMARTS) is 1. The highest BCUT2D eigenvalue weighted by Gasteiger charge is 2.64. The quantitative estimate of drug-likeness (QED) is 0.767. The minimum atomic E-state index is -0.770. The minimum Gasteiger partial charge on any atom is -0.481 e. The van der Waals surface area contributed by atoms with Crippen molar-refractivity contribution < 1.29 is 14.7 Å². The van der Waals surface area contributed by atoms with E-state index in [4.69, 9.17) is 0 Å². The van der Waals surface area contributed by atoms with Gasteiger partial charge in [-0.2, -0.15) is 0 Å². The van der Waals surface area contributed by atoms with E-state index >= 15 is 0 Å². The van der Waals surface area contributed by atoms with Crippen LogP contribution in [0, 0.1) is 28.6 Å². The van der Waals surface area contributed by atoms with Gasteiger partial charge in [0, 0.05) is 11.3 Å². The third-order valence-electron chi connectivity index (χ3n) is 5.47. The van der Waals surface area contributed by atoms with Gasteiger partial charge < -0.3 is 5.11 Å². The SMILES string of the molecule is C=C(C)[C@@H]1C[C@@H]2[C@H](C)C(=O)[C@@]1(C)C[C@@]2(C)C(=O)O. The number of hydrogen-bond acceptors (Lipinski definition) is 2. The number of fused-ring (bicyclic) bond motifs is 3. The average molecular weight is 250 g/mol. The van der Waals surface area contributed by atoms with Crippen molar-refractivity contribution in [1.82, 2.24) is 0 Å². The van der Waals surface area contributed by atoms with Gasteiger partial charge in [0.05, 0.1) is 5.41 Å². The zero-order valence-corrected chi connectivity index (χ0v) is 11.6. The highest BCUT2D eigenvalue weighted by Crippen LogP contribution is 2.62. The van der Waals surface area contributed by atoms with Gasteiger partial charge in [-0.3, -0.25) is 9.59 Å². The largest absolute Gasteiger partial charge is 0.481 e. The molecule has 3 nitrogen and oxygen atoms in total. The second-order valence-electron chi connectivity index (χ2n) is 6.71. The van der Waals surface area contributed by atoms with Crippen molar-refractivity contribution in [2.45, 2.75) is 40.5 Å². The van der Waals surface area contributed by atoms with Crippen molar-refractivity contribution in [2.75, 3.05) is 0 Å². The molecule has 1 N–H and O–H groups in total. The molecule has 3 heteroatoms. The molecule has 100 valence electrons. The van der Waals surface area contributed by atoms with E-state index in [1.807, 2.05) is 20.8 Å². The number of aliphatic carboxylic acids is 1. The Balaban J connectivity index is 2.52. The van der Waals surface area contributed by atoms with Crippen LogP contribution in [0.15, 0.2) is 12.2 Å². The predicted molar refractivity (Wildman–Crippen MR) is 69.0 cm³/mol. The first-order chi connectivity index (χ1) is 8.14. The first kappa shape index (κ1) is 13.3. The van der Waals surface area contributed by atoms with Crippen LogP contribution in [0.3, 0.4) is 0 Å². The Morgan fingerprint density at radius 3 is 2.44 bits per heavy atom. The van der Waals surface area contributed by atoms with Crippen LogP contribution in [0.5, 0.6) is 0 Å². The summed E-state index contributed by atoms with van der Waals surface area (Å²) in [5, 5.41) is 9.53. The number of carbonyl (C=O) groups is 2. The van der Waals surface area contributed by atoms with Crippen molar-refractivity contribution in [2.24, 2.45) is 28.6 Å². The van der Waals surface area contributed by atoms with E-state index in [1.165, 1.54) is 0 Å². The lowest BCUT2D eigenvalue weighted by molar-refractivity contribution is -0.179. The van der Waals surface area contributed by atoms with E-state index < -0.39 is 16.8 Å². The summed E-state index contributed by atoms with van der Waals surface area (Å²) in [7, 11) is 0. The van der Waals surface area contributed by atoms with Crippen molar-refractivity contribution >= 4 is 11.8 Å². The summed E-state index contributed by atoms with van der Waals surface area (Å²) in [5.74, 6) is -0.617. The maximum atomic E-state index is 12.5. The molecule has 0 unspecified atom stereocenters. The van der Waals surface area contributed by atoms with E-state index in [9.17, 15) is 14.7 Å². The average Bonchev–Trinajstić information content (AvgIpc) is 2.24. The molecule has 18 heavy (non-hydrogen) atoms. The molecule has 5 atom stereocenters. The Labute approximate surface area is 108 Å². The maximum Gasteiger partial charge on any atom is 0.309 e. The Morgan fingerprint density at radius 1 is 1.44 bits per heavy atom. The van der Waals surface area contributed by atoms with Crippen LogP contribution in [-0.2, 0) is 9.59 Å². The lowest BCUT2D eigenvalue weighted by atomic mass is 9.43. The van der Waals surface area contributed by atoms with Crippen LogP contribution < -0.4 is 0 Å². The Hall–Kier alpha value is -1.12. The van der Waals surface area contributed by atoms with Gasteiger partial charge in [0.1, 0.15) is 5.78 Å². The summed E-state index contributed by atoms with van der Waals surface area (Å²) < 4.78 is 0. The molecule has 0 aliphatic heterocycles. The van der Waals surface area contributed by atoms with Gasteiger partial charge in [-0.25, -0.2) is 0 Å². The summed E-state index contributed by atoms with van der Waals surface area (Å²) in [5.41, 5.74) is -0.309. The molecule has 0 heterocycles. The summed E-state index contributed by atoms with van der Waals surface area (Å²) in [6.07, 6.45) is 1.22. The van der Waals surface area contributed by atoms with Crippen molar-refractivity contribution in [3.8, 4) is 0 Å². The van der Waals surface area contributed by atoms with Gasteiger partial charge in [0.25, 0.3) is 0 Å². The summed E-state index contributed by atoms with van der Waals surface area (Å²) >= 11 is 0. The Morgan fingerprint density at radius 2 is 2.00 bits per heavy atom. The summed E-state index contributed by atoms with van der Waals surface area (Å²) in [4.78, 5) is 24.1.